The molecule has 1 saturated heterocycles. The van der Waals surface area contributed by atoms with Gasteiger partial charge in [-0.25, -0.2) is 4.79 Å². The number of aromatic amines is 1. The number of piperidine rings is 1. The number of H-pyrrole nitrogens is 1. The van der Waals surface area contributed by atoms with Crippen molar-refractivity contribution in [1.29, 1.82) is 0 Å². The lowest BCUT2D eigenvalue weighted by atomic mass is 9.82. The van der Waals surface area contributed by atoms with Crippen molar-refractivity contribution in [1.82, 2.24) is 14.5 Å². The van der Waals surface area contributed by atoms with Crippen LogP contribution in [-0.2, 0) is 4.79 Å². The molecule has 7 nitrogen and oxygen atoms in total. The average molecular weight is 371 g/mol. The van der Waals surface area contributed by atoms with E-state index in [1.807, 2.05) is 10.6 Å². The van der Waals surface area contributed by atoms with Crippen molar-refractivity contribution in [3.8, 4) is 0 Å². The minimum atomic E-state index is -0.905. The van der Waals surface area contributed by atoms with Gasteiger partial charge in [-0.15, -0.1) is 0 Å². The van der Waals surface area contributed by atoms with Crippen molar-refractivity contribution < 1.29 is 14.7 Å². The van der Waals surface area contributed by atoms with Crippen LogP contribution in [0.15, 0.2) is 23.0 Å². The Morgan fingerprint density at radius 1 is 1.22 bits per heavy atom. The Labute approximate surface area is 157 Å². The Hall–Kier alpha value is -2.57. The number of likely N-dealkylation sites (tertiary alicyclic amines) is 1. The highest BCUT2D eigenvalue weighted by Gasteiger charge is 2.39. The maximum absolute atomic E-state index is 12.9. The van der Waals surface area contributed by atoms with Gasteiger partial charge in [0.2, 0.25) is 0 Å². The molecule has 1 unspecified atom stereocenters. The number of carbonyl (C=O) groups excluding carboxylic acids is 1. The summed E-state index contributed by atoms with van der Waals surface area (Å²) in [6, 6.07) is 5.53. The number of hydrogen-bond donors (Lipinski definition) is 2. The molecule has 7 heteroatoms. The highest BCUT2D eigenvalue weighted by molar-refractivity contribution is 5.97. The van der Waals surface area contributed by atoms with Gasteiger partial charge >= 0.3 is 11.7 Å². The largest absolute Gasteiger partial charge is 0.481 e. The summed E-state index contributed by atoms with van der Waals surface area (Å²) in [6.07, 6.45) is 5.54. The molecular weight excluding hydrogens is 346 g/mol. The van der Waals surface area contributed by atoms with Crippen LogP contribution in [-0.4, -0.2) is 44.5 Å². The number of carboxylic acids is 1. The number of aromatic nitrogens is 2. The predicted molar refractivity (Wildman–Crippen MR) is 101 cm³/mol. The van der Waals surface area contributed by atoms with Gasteiger partial charge in [0.05, 0.1) is 16.4 Å². The maximum Gasteiger partial charge on any atom is 0.326 e. The van der Waals surface area contributed by atoms with Crippen LogP contribution in [0.3, 0.4) is 0 Å². The minimum Gasteiger partial charge on any atom is -0.481 e. The van der Waals surface area contributed by atoms with Crippen LogP contribution >= 0.6 is 0 Å². The van der Waals surface area contributed by atoms with Gasteiger partial charge in [0.15, 0.2) is 0 Å². The number of aliphatic carboxylic acids is 1. The van der Waals surface area contributed by atoms with Crippen LogP contribution in [0.25, 0.3) is 11.0 Å². The highest BCUT2D eigenvalue weighted by atomic mass is 16.4. The molecule has 2 aromatic rings. The molecule has 1 aromatic heterocycles. The molecule has 1 aliphatic heterocycles. The van der Waals surface area contributed by atoms with Gasteiger partial charge in [-0.1, -0.05) is 12.8 Å². The van der Waals surface area contributed by atoms with E-state index in [-0.39, 0.29) is 24.2 Å². The molecule has 2 N–H and O–H groups in total. The second kappa shape index (κ2) is 6.55. The molecule has 1 amide bonds. The summed E-state index contributed by atoms with van der Waals surface area (Å²) in [7, 11) is 0. The third-order valence-corrected chi connectivity index (χ3v) is 6.15. The number of amides is 1. The Morgan fingerprint density at radius 2 is 1.96 bits per heavy atom. The summed E-state index contributed by atoms with van der Waals surface area (Å²) in [5.41, 5.74) is 0.945. The van der Waals surface area contributed by atoms with E-state index in [1.54, 1.807) is 24.0 Å². The molecule has 1 atom stereocenters. The van der Waals surface area contributed by atoms with E-state index in [9.17, 15) is 19.5 Å². The molecule has 27 heavy (non-hydrogen) atoms. The van der Waals surface area contributed by atoms with E-state index in [2.05, 4.69) is 4.98 Å². The Morgan fingerprint density at radius 3 is 2.67 bits per heavy atom. The molecule has 0 radical (unpaired) electrons. The monoisotopic (exact) mass is 371 g/mol. The lowest BCUT2D eigenvalue weighted by molar-refractivity contribution is -0.150. The normalized spacial score (nSPS) is 23.8. The number of benzene rings is 1. The number of hydrogen-bond acceptors (Lipinski definition) is 3. The number of nitrogens with one attached hydrogen (secondary N) is 1. The van der Waals surface area contributed by atoms with E-state index in [0.29, 0.717) is 30.5 Å². The fraction of sp³-hybridized carbons (Fsp3) is 0.550. The van der Waals surface area contributed by atoms with Gasteiger partial charge in [0.25, 0.3) is 5.91 Å². The fourth-order valence-corrected chi connectivity index (χ4v) is 4.56. The zero-order chi connectivity index (χ0) is 19.2. The minimum absolute atomic E-state index is 0.127. The quantitative estimate of drug-likeness (QED) is 0.867. The molecule has 2 heterocycles. The maximum atomic E-state index is 12.9. The number of carboxylic acid groups (broad SMARTS) is 1. The first-order valence-corrected chi connectivity index (χ1v) is 9.66. The van der Waals surface area contributed by atoms with Crippen LogP contribution in [0.2, 0.25) is 0 Å². The first kappa shape index (κ1) is 17.8. The molecule has 2 fully saturated rings. The van der Waals surface area contributed by atoms with Crippen LogP contribution in [0.1, 0.15) is 61.8 Å². The first-order chi connectivity index (χ1) is 12.9. The van der Waals surface area contributed by atoms with Crippen molar-refractivity contribution in [2.75, 3.05) is 13.1 Å². The lowest BCUT2D eigenvalue weighted by Crippen LogP contribution is -2.48. The predicted octanol–water partition coefficient (Wildman–Crippen LogP) is 2.77. The van der Waals surface area contributed by atoms with Crippen molar-refractivity contribution in [3.63, 3.8) is 0 Å². The molecular formula is C20H25N3O4. The summed E-state index contributed by atoms with van der Waals surface area (Å²) < 4.78 is 1.82. The summed E-state index contributed by atoms with van der Waals surface area (Å²) >= 11 is 0. The molecule has 0 bridgehead atoms. The van der Waals surface area contributed by atoms with Crippen LogP contribution in [0.5, 0.6) is 0 Å². The SMILES string of the molecule is CC1(C(=O)O)CCCN(C(=O)c2ccc3c(c2)[nH]c(=O)n3C2CCCC2)C1. The van der Waals surface area contributed by atoms with Gasteiger partial charge in [-0.05, 0) is 50.8 Å². The third-order valence-electron chi connectivity index (χ3n) is 6.15. The van der Waals surface area contributed by atoms with Gasteiger partial charge < -0.3 is 15.0 Å². The second-order valence-corrected chi connectivity index (χ2v) is 8.17. The lowest BCUT2D eigenvalue weighted by Gasteiger charge is -2.37. The van der Waals surface area contributed by atoms with Crippen LogP contribution < -0.4 is 5.69 Å². The zero-order valence-electron chi connectivity index (χ0n) is 15.5. The smallest absolute Gasteiger partial charge is 0.326 e. The molecule has 2 aliphatic rings. The van der Waals surface area contributed by atoms with Crippen molar-refractivity contribution >= 4 is 22.9 Å². The van der Waals surface area contributed by atoms with Crippen molar-refractivity contribution in [2.24, 2.45) is 5.41 Å². The summed E-state index contributed by atoms with van der Waals surface area (Å²) in [4.78, 5) is 41.4. The molecule has 4 rings (SSSR count). The third kappa shape index (κ3) is 3.05. The fourth-order valence-electron chi connectivity index (χ4n) is 4.56. The summed E-state index contributed by atoms with van der Waals surface area (Å²) in [6.45, 7) is 2.45. The molecule has 1 aliphatic carbocycles. The van der Waals surface area contributed by atoms with Gasteiger partial charge in [-0.2, -0.15) is 0 Å². The van der Waals surface area contributed by atoms with E-state index < -0.39 is 11.4 Å². The van der Waals surface area contributed by atoms with Crippen LogP contribution in [0.4, 0.5) is 0 Å². The highest BCUT2D eigenvalue weighted by Crippen LogP contribution is 2.32. The van der Waals surface area contributed by atoms with Gasteiger partial charge in [-0.3, -0.25) is 14.2 Å². The number of carbonyl (C=O) groups is 2. The van der Waals surface area contributed by atoms with Crippen molar-refractivity contribution in [3.05, 3.63) is 34.2 Å². The van der Waals surface area contributed by atoms with E-state index in [4.69, 9.17) is 0 Å². The molecule has 144 valence electrons. The summed E-state index contributed by atoms with van der Waals surface area (Å²) in [5.74, 6) is -1.05. The Balaban J connectivity index is 1.63. The second-order valence-electron chi connectivity index (χ2n) is 8.17. The summed E-state index contributed by atoms with van der Waals surface area (Å²) in [5, 5.41) is 9.47. The first-order valence-electron chi connectivity index (χ1n) is 9.66. The van der Waals surface area contributed by atoms with Gasteiger partial charge in [0, 0.05) is 24.7 Å². The van der Waals surface area contributed by atoms with E-state index in [0.717, 1.165) is 31.2 Å². The molecule has 1 saturated carbocycles. The van der Waals surface area contributed by atoms with Crippen LogP contribution in [0, 0.1) is 5.41 Å². The molecule has 0 spiro atoms. The number of rotatable bonds is 3. The topological polar surface area (TPSA) is 95.4 Å². The Kier molecular flexibility index (Phi) is 4.32. The van der Waals surface area contributed by atoms with E-state index >= 15 is 0 Å². The van der Waals surface area contributed by atoms with Crippen molar-refractivity contribution in [2.45, 2.75) is 51.5 Å². The standard InChI is InChI=1S/C20H25N3O4/c1-20(18(25)26)9-4-10-22(12-20)17(24)13-7-8-16-15(11-13)21-19(27)23(16)14-5-2-3-6-14/h7-8,11,14H,2-6,9-10,12H2,1H3,(H,21,27)(H,25,26). The average Bonchev–Trinajstić information content (AvgIpc) is 3.26. The number of imidazole rings is 1. The zero-order valence-corrected chi connectivity index (χ0v) is 15.5. The molecule has 1 aromatic carbocycles. The number of nitrogens with zero attached hydrogens (tertiary/aromatic N) is 2. The Bertz CT molecular complexity index is 954. The van der Waals surface area contributed by atoms with Gasteiger partial charge in [0.1, 0.15) is 0 Å². The number of fused-ring (bicyclic) bond motifs is 1. The van der Waals surface area contributed by atoms with E-state index in [1.165, 1.54) is 0 Å².